The van der Waals surface area contributed by atoms with Crippen molar-refractivity contribution in [3.05, 3.63) is 46.1 Å². The molecule has 2 rings (SSSR count). The van der Waals surface area contributed by atoms with E-state index in [4.69, 9.17) is 18.9 Å². The third kappa shape index (κ3) is 10.5. The molecule has 0 fully saturated rings. The molecule has 0 saturated carbocycles. The van der Waals surface area contributed by atoms with E-state index in [9.17, 15) is 19.5 Å². The number of Topliss-reactive ketones (excluding diaryl/α,β-unsaturated/α-hetero) is 1. The Hall–Kier alpha value is -3.17. The number of amides is 1. The monoisotopic (exact) mass is 545 g/mol. The molecule has 1 aliphatic rings. The Labute approximate surface area is 231 Å². The van der Waals surface area contributed by atoms with Gasteiger partial charge in [-0.3, -0.25) is 9.59 Å². The Morgan fingerprint density at radius 1 is 1.08 bits per heavy atom. The van der Waals surface area contributed by atoms with Gasteiger partial charge in [-0.05, 0) is 45.1 Å². The van der Waals surface area contributed by atoms with E-state index in [0.29, 0.717) is 88.4 Å². The van der Waals surface area contributed by atoms with Gasteiger partial charge >= 0.3 is 5.97 Å². The second-order valence-corrected chi connectivity index (χ2v) is 9.47. The Morgan fingerprint density at radius 2 is 1.82 bits per heavy atom. The Balaban J connectivity index is 1.60. The van der Waals surface area contributed by atoms with Crippen molar-refractivity contribution in [2.24, 2.45) is 0 Å². The molecule has 0 saturated heterocycles. The number of hydrogen-bond acceptors (Lipinski definition) is 8. The lowest BCUT2D eigenvalue weighted by Crippen LogP contribution is -2.27. The molecule has 1 amide bonds. The van der Waals surface area contributed by atoms with Crippen LogP contribution in [0.2, 0.25) is 0 Å². The van der Waals surface area contributed by atoms with E-state index in [1.165, 1.54) is 7.11 Å². The lowest BCUT2D eigenvalue weighted by molar-refractivity contribution is -0.121. The molecule has 1 aliphatic heterocycles. The minimum Gasteiger partial charge on any atom is -0.507 e. The van der Waals surface area contributed by atoms with Crippen molar-refractivity contribution >= 4 is 17.7 Å². The van der Waals surface area contributed by atoms with Crippen LogP contribution in [0.3, 0.4) is 0 Å². The van der Waals surface area contributed by atoms with Gasteiger partial charge in [0.2, 0.25) is 5.91 Å². The second-order valence-electron chi connectivity index (χ2n) is 9.47. The zero-order valence-corrected chi connectivity index (χ0v) is 23.7. The summed E-state index contributed by atoms with van der Waals surface area (Å²) in [5, 5.41) is 13.5. The number of ketones is 1. The predicted octanol–water partition coefficient (Wildman–Crippen LogP) is 4.50. The molecule has 0 radical (unpaired) electrons. The summed E-state index contributed by atoms with van der Waals surface area (Å²) in [5.74, 6) is 0.0677. The van der Waals surface area contributed by atoms with E-state index in [-0.39, 0.29) is 29.6 Å². The number of nitrogens with one attached hydrogen (secondary N) is 1. The van der Waals surface area contributed by atoms with Gasteiger partial charge in [0.1, 0.15) is 29.5 Å². The molecule has 2 N–H and O–H groups in total. The Bertz CT molecular complexity index is 1040. The van der Waals surface area contributed by atoms with Gasteiger partial charge in [-0.15, -0.1) is 0 Å². The first-order valence-electron chi connectivity index (χ1n) is 13.6. The Kier molecular flexibility index (Phi) is 14.3. The fourth-order valence-corrected chi connectivity index (χ4v) is 4.25. The van der Waals surface area contributed by atoms with Crippen LogP contribution in [-0.2, 0) is 36.8 Å². The van der Waals surface area contributed by atoms with E-state index in [1.807, 2.05) is 39.0 Å². The number of carbonyl (C=O) groups excluding carboxylic acids is 3. The molecule has 0 unspecified atom stereocenters. The van der Waals surface area contributed by atoms with Gasteiger partial charge in [0.05, 0.1) is 26.9 Å². The molecular formula is C30H43NO8. The number of aromatic hydroxyl groups is 1. The van der Waals surface area contributed by atoms with Crippen LogP contribution in [-0.4, -0.2) is 62.8 Å². The second kappa shape index (κ2) is 17.4. The molecule has 1 heterocycles. The highest BCUT2D eigenvalue weighted by molar-refractivity contribution is 5.98. The average Bonchev–Trinajstić information content (AvgIpc) is 3.31. The third-order valence-electron chi connectivity index (χ3n) is 6.48. The molecule has 9 heteroatoms. The topological polar surface area (TPSA) is 120 Å². The van der Waals surface area contributed by atoms with Crippen LogP contribution in [0.15, 0.2) is 23.8 Å². The van der Waals surface area contributed by atoms with Crippen LogP contribution in [0.25, 0.3) is 0 Å². The van der Waals surface area contributed by atoms with Crippen molar-refractivity contribution < 1.29 is 38.4 Å². The number of benzene rings is 1. The first-order valence-corrected chi connectivity index (χ1v) is 13.6. The van der Waals surface area contributed by atoms with E-state index >= 15 is 0 Å². The van der Waals surface area contributed by atoms with E-state index in [2.05, 4.69) is 5.32 Å². The Morgan fingerprint density at radius 3 is 2.54 bits per heavy atom. The number of ether oxygens (including phenoxy) is 4. The molecule has 1 aromatic carbocycles. The summed E-state index contributed by atoms with van der Waals surface area (Å²) in [7, 11) is 1.53. The molecule has 0 atom stereocenters. The average molecular weight is 546 g/mol. The molecule has 9 nitrogen and oxygen atoms in total. The van der Waals surface area contributed by atoms with Crippen LogP contribution in [0.5, 0.6) is 11.5 Å². The summed E-state index contributed by atoms with van der Waals surface area (Å²) in [4.78, 5) is 35.9. The standard InChI is InChI=1S/C30H43NO8/c1-5-6-7-9-23(32)10-8-16-37-18-19-38-17-15-31-26(33)14-12-21(2)11-13-24-28(34)27-25(20-39-30(27)35)22(3)29(24)36-4/h6-7,11,34H,5,8-10,12-20H2,1-4H3,(H,31,33)/b7-6-,21-11+. The maximum atomic E-state index is 12.2. The van der Waals surface area contributed by atoms with Crippen molar-refractivity contribution in [1.82, 2.24) is 5.32 Å². The zero-order valence-electron chi connectivity index (χ0n) is 23.7. The first-order chi connectivity index (χ1) is 18.8. The van der Waals surface area contributed by atoms with Crippen LogP contribution >= 0.6 is 0 Å². The quantitative estimate of drug-likeness (QED) is 0.148. The number of rotatable bonds is 19. The number of phenols is 1. The van der Waals surface area contributed by atoms with E-state index in [0.717, 1.165) is 17.6 Å². The molecule has 39 heavy (non-hydrogen) atoms. The van der Waals surface area contributed by atoms with Gasteiger partial charge in [-0.1, -0.05) is 30.7 Å². The largest absolute Gasteiger partial charge is 0.507 e. The van der Waals surface area contributed by atoms with Crippen LogP contribution in [0, 0.1) is 6.92 Å². The number of fused-ring (bicyclic) bond motifs is 1. The van der Waals surface area contributed by atoms with Gasteiger partial charge in [-0.25, -0.2) is 4.79 Å². The summed E-state index contributed by atoms with van der Waals surface area (Å²) in [6.45, 7) is 8.16. The molecule has 0 bridgehead atoms. The SMILES string of the molecule is CC/C=C\CC(=O)CCCOCCOCCNC(=O)CC/C(C)=C/Cc1c(O)c2c(c(C)c1OC)COC2=O. The lowest BCUT2D eigenvalue weighted by Gasteiger charge is -2.15. The number of esters is 1. The molecular weight excluding hydrogens is 502 g/mol. The zero-order chi connectivity index (χ0) is 28.6. The molecule has 0 spiro atoms. The highest BCUT2D eigenvalue weighted by atomic mass is 16.5. The summed E-state index contributed by atoms with van der Waals surface area (Å²) >= 11 is 0. The maximum Gasteiger partial charge on any atom is 0.342 e. The fourth-order valence-electron chi connectivity index (χ4n) is 4.25. The normalized spacial score (nSPS) is 13.0. The first kappa shape index (κ1) is 32.0. The number of methoxy groups -OCH3 is 1. The number of hydrogen-bond donors (Lipinski definition) is 2. The minimum atomic E-state index is -0.525. The minimum absolute atomic E-state index is 0.0717. The highest BCUT2D eigenvalue weighted by Gasteiger charge is 2.31. The van der Waals surface area contributed by atoms with Crippen molar-refractivity contribution in [3.63, 3.8) is 0 Å². The van der Waals surface area contributed by atoms with Crippen molar-refractivity contribution in [2.45, 2.75) is 72.3 Å². The number of phenolic OH excluding ortho intramolecular Hbond substituents is 1. The molecule has 216 valence electrons. The third-order valence-corrected chi connectivity index (χ3v) is 6.48. The van der Waals surface area contributed by atoms with Gasteiger partial charge in [0, 0.05) is 43.5 Å². The van der Waals surface area contributed by atoms with Crippen LogP contribution < -0.4 is 10.1 Å². The lowest BCUT2D eigenvalue weighted by atomic mass is 9.94. The summed E-state index contributed by atoms with van der Waals surface area (Å²) in [6, 6.07) is 0. The van der Waals surface area contributed by atoms with Gasteiger partial charge < -0.3 is 29.4 Å². The van der Waals surface area contributed by atoms with Gasteiger partial charge in [0.25, 0.3) is 0 Å². The fraction of sp³-hybridized carbons (Fsp3) is 0.567. The van der Waals surface area contributed by atoms with Crippen LogP contribution in [0.4, 0.5) is 0 Å². The van der Waals surface area contributed by atoms with Crippen molar-refractivity contribution in [3.8, 4) is 11.5 Å². The predicted molar refractivity (Wildman–Crippen MR) is 148 cm³/mol. The molecule has 0 aliphatic carbocycles. The summed E-state index contributed by atoms with van der Waals surface area (Å²) < 4.78 is 21.5. The highest BCUT2D eigenvalue weighted by Crippen LogP contribution is 2.42. The van der Waals surface area contributed by atoms with Gasteiger partial charge in [-0.2, -0.15) is 0 Å². The van der Waals surface area contributed by atoms with Gasteiger partial charge in [0.15, 0.2) is 0 Å². The molecule has 1 aromatic rings. The summed E-state index contributed by atoms with van der Waals surface area (Å²) in [6.07, 6.45) is 9.77. The summed E-state index contributed by atoms with van der Waals surface area (Å²) in [5.41, 5.74) is 3.18. The number of carbonyl (C=O) groups is 3. The smallest absolute Gasteiger partial charge is 0.342 e. The molecule has 0 aromatic heterocycles. The van der Waals surface area contributed by atoms with Crippen molar-refractivity contribution in [2.75, 3.05) is 40.1 Å². The van der Waals surface area contributed by atoms with Crippen molar-refractivity contribution in [1.29, 1.82) is 0 Å². The van der Waals surface area contributed by atoms with Crippen LogP contribution in [0.1, 0.15) is 79.4 Å². The maximum absolute atomic E-state index is 12.2. The number of cyclic esters (lactones) is 1. The van der Waals surface area contributed by atoms with E-state index in [1.54, 1.807) is 0 Å². The number of allylic oxidation sites excluding steroid dienone is 4. The van der Waals surface area contributed by atoms with E-state index < -0.39 is 5.97 Å².